The van der Waals surface area contributed by atoms with Crippen molar-refractivity contribution in [2.24, 2.45) is 0 Å². The van der Waals surface area contributed by atoms with Crippen LogP contribution in [0.3, 0.4) is 0 Å². The Morgan fingerprint density at radius 3 is 3.00 bits per heavy atom. The van der Waals surface area contributed by atoms with Crippen LogP contribution in [0, 0.1) is 11.3 Å². The lowest BCUT2D eigenvalue weighted by Crippen LogP contribution is -2.18. The fourth-order valence-electron chi connectivity index (χ4n) is 1.69. The van der Waals surface area contributed by atoms with Gasteiger partial charge in [-0.1, -0.05) is 12.1 Å². The second-order valence-electron chi connectivity index (χ2n) is 3.98. The molecule has 0 unspecified atom stereocenters. The molecule has 2 aromatic rings. The van der Waals surface area contributed by atoms with Crippen LogP contribution in [-0.4, -0.2) is 17.0 Å². The minimum Gasteiger partial charge on any atom is -0.354 e. The van der Waals surface area contributed by atoms with Crippen molar-refractivity contribution in [3.8, 4) is 6.07 Å². The summed E-state index contributed by atoms with van der Waals surface area (Å²) in [4.78, 5) is 10.0. The second-order valence-corrected chi connectivity index (χ2v) is 5.17. The molecule has 6 heteroatoms. The van der Waals surface area contributed by atoms with Gasteiger partial charge in [0.2, 0.25) is 5.28 Å². The van der Waals surface area contributed by atoms with E-state index < -0.39 is 0 Å². The third-order valence-electron chi connectivity index (χ3n) is 2.53. The van der Waals surface area contributed by atoms with Crippen molar-refractivity contribution >= 4 is 33.3 Å². The summed E-state index contributed by atoms with van der Waals surface area (Å²) in [7, 11) is 1.91. The standard InChI is InChI=1S/C13H10BrClN4/c1-19(12-11(14)7-17-13(15)18-12)8-10-4-2-3-9(5-10)6-16/h2-5,7H,8H2,1H3. The van der Waals surface area contributed by atoms with E-state index in [0.717, 1.165) is 10.0 Å². The maximum atomic E-state index is 8.88. The molecule has 0 saturated carbocycles. The number of benzene rings is 1. The van der Waals surface area contributed by atoms with Crippen LogP contribution in [-0.2, 0) is 6.54 Å². The van der Waals surface area contributed by atoms with Gasteiger partial charge < -0.3 is 4.90 Å². The number of nitriles is 1. The van der Waals surface area contributed by atoms with Gasteiger partial charge in [-0.3, -0.25) is 0 Å². The molecular weight excluding hydrogens is 328 g/mol. The van der Waals surface area contributed by atoms with Gasteiger partial charge in [0.1, 0.15) is 5.82 Å². The van der Waals surface area contributed by atoms with Crippen molar-refractivity contribution in [2.75, 3.05) is 11.9 Å². The van der Waals surface area contributed by atoms with Crippen LogP contribution in [0.2, 0.25) is 5.28 Å². The molecule has 0 N–H and O–H groups in total. The monoisotopic (exact) mass is 336 g/mol. The van der Waals surface area contributed by atoms with Crippen LogP contribution in [0.25, 0.3) is 0 Å². The number of hydrogen-bond acceptors (Lipinski definition) is 4. The lowest BCUT2D eigenvalue weighted by atomic mass is 10.1. The number of hydrogen-bond donors (Lipinski definition) is 0. The van der Waals surface area contributed by atoms with Gasteiger partial charge in [-0.15, -0.1) is 0 Å². The minimum atomic E-state index is 0.204. The summed E-state index contributed by atoms with van der Waals surface area (Å²) in [5.74, 6) is 0.711. The molecule has 0 atom stereocenters. The molecule has 0 aliphatic rings. The van der Waals surface area contributed by atoms with Crippen molar-refractivity contribution in [2.45, 2.75) is 6.54 Å². The van der Waals surface area contributed by atoms with Crippen LogP contribution in [0.5, 0.6) is 0 Å². The Morgan fingerprint density at radius 2 is 2.26 bits per heavy atom. The predicted molar refractivity (Wildman–Crippen MR) is 78.0 cm³/mol. The highest BCUT2D eigenvalue weighted by atomic mass is 79.9. The molecule has 0 amide bonds. The van der Waals surface area contributed by atoms with Crippen LogP contribution in [0.1, 0.15) is 11.1 Å². The third kappa shape index (κ3) is 3.43. The van der Waals surface area contributed by atoms with Gasteiger partial charge >= 0.3 is 0 Å². The van der Waals surface area contributed by atoms with Gasteiger partial charge in [-0.2, -0.15) is 10.2 Å². The van der Waals surface area contributed by atoms with Crippen molar-refractivity contribution in [1.29, 1.82) is 5.26 Å². The summed E-state index contributed by atoms with van der Waals surface area (Å²) in [5, 5.41) is 9.09. The van der Waals surface area contributed by atoms with E-state index in [1.165, 1.54) is 0 Å². The average molecular weight is 338 g/mol. The number of rotatable bonds is 3. The zero-order valence-electron chi connectivity index (χ0n) is 10.1. The first-order valence-electron chi connectivity index (χ1n) is 5.48. The van der Waals surface area contributed by atoms with Crippen molar-refractivity contribution in [1.82, 2.24) is 9.97 Å². The Bertz CT molecular complexity index is 639. The number of nitrogens with zero attached hydrogens (tertiary/aromatic N) is 4. The minimum absolute atomic E-state index is 0.204. The quantitative estimate of drug-likeness (QED) is 0.806. The van der Waals surface area contributed by atoms with Gasteiger partial charge in [-0.05, 0) is 45.2 Å². The molecule has 1 aromatic carbocycles. The van der Waals surface area contributed by atoms with Crippen LogP contribution in [0.4, 0.5) is 5.82 Å². The molecule has 0 aliphatic carbocycles. The molecule has 1 aromatic heterocycles. The van der Waals surface area contributed by atoms with Crippen molar-refractivity contribution in [3.05, 3.63) is 51.3 Å². The van der Waals surface area contributed by atoms with E-state index >= 15 is 0 Å². The Balaban J connectivity index is 2.23. The molecule has 96 valence electrons. The molecule has 0 radical (unpaired) electrons. The van der Waals surface area contributed by atoms with E-state index in [9.17, 15) is 0 Å². The van der Waals surface area contributed by atoms with E-state index in [2.05, 4.69) is 32.0 Å². The first-order chi connectivity index (χ1) is 9.10. The molecule has 19 heavy (non-hydrogen) atoms. The lowest BCUT2D eigenvalue weighted by molar-refractivity contribution is 0.886. The average Bonchev–Trinajstić information content (AvgIpc) is 2.41. The fraction of sp³-hybridized carbons (Fsp3) is 0.154. The van der Waals surface area contributed by atoms with E-state index in [4.69, 9.17) is 16.9 Å². The summed E-state index contributed by atoms with van der Waals surface area (Å²) in [5.41, 5.74) is 1.67. The van der Waals surface area contributed by atoms with Crippen molar-refractivity contribution < 1.29 is 0 Å². The maximum Gasteiger partial charge on any atom is 0.224 e. The Kier molecular flexibility index (Phi) is 4.35. The van der Waals surface area contributed by atoms with Crippen LogP contribution < -0.4 is 4.90 Å². The Labute approximate surface area is 124 Å². The van der Waals surface area contributed by atoms with E-state index in [1.54, 1.807) is 12.3 Å². The van der Waals surface area contributed by atoms with E-state index in [0.29, 0.717) is 17.9 Å². The molecule has 0 fully saturated rings. The topological polar surface area (TPSA) is 52.8 Å². The summed E-state index contributed by atoms with van der Waals surface area (Å²) >= 11 is 9.19. The number of aromatic nitrogens is 2. The van der Waals surface area contributed by atoms with Gasteiger partial charge in [0.05, 0.1) is 16.1 Å². The maximum absolute atomic E-state index is 8.88. The van der Waals surface area contributed by atoms with Gasteiger partial charge in [0, 0.05) is 19.8 Å². The lowest BCUT2D eigenvalue weighted by Gasteiger charge is -2.19. The van der Waals surface area contributed by atoms with Crippen LogP contribution in [0.15, 0.2) is 34.9 Å². The molecule has 0 spiro atoms. The molecule has 0 saturated heterocycles. The second kappa shape index (κ2) is 6.00. The third-order valence-corrected chi connectivity index (χ3v) is 3.28. The molecule has 0 aliphatic heterocycles. The molecule has 1 heterocycles. The first kappa shape index (κ1) is 13.8. The SMILES string of the molecule is CN(Cc1cccc(C#N)c1)c1nc(Cl)ncc1Br. The highest BCUT2D eigenvalue weighted by molar-refractivity contribution is 9.10. The smallest absolute Gasteiger partial charge is 0.224 e. The molecule has 4 nitrogen and oxygen atoms in total. The van der Waals surface area contributed by atoms with Crippen LogP contribution >= 0.6 is 27.5 Å². The molecule has 2 rings (SSSR count). The Hall–Kier alpha value is -1.64. The van der Waals surface area contributed by atoms with Gasteiger partial charge in [0.25, 0.3) is 0 Å². The number of anilines is 1. The molecular formula is C13H10BrClN4. The highest BCUT2D eigenvalue weighted by Gasteiger charge is 2.10. The fourth-order valence-corrected chi connectivity index (χ4v) is 2.32. The summed E-state index contributed by atoms with van der Waals surface area (Å²) < 4.78 is 0.774. The largest absolute Gasteiger partial charge is 0.354 e. The summed E-state index contributed by atoms with van der Waals surface area (Å²) in [6, 6.07) is 9.59. The summed E-state index contributed by atoms with van der Waals surface area (Å²) in [6.45, 7) is 0.626. The van der Waals surface area contributed by atoms with E-state index in [-0.39, 0.29) is 5.28 Å². The highest BCUT2D eigenvalue weighted by Crippen LogP contribution is 2.24. The van der Waals surface area contributed by atoms with E-state index in [1.807, 2.05) is 30.1 Å². The van der Waals surface area contributed by atoms with Gasteiger partial charge in [-0.25, -0.2) is 4.98 Å². The molecule has 0 bridgehead atoms. The normalized spacial score (nSPS) is 10.0. The zero-order valence-corrected chi connectivity index (χ0v) is 12.5. The van der Waals surface area contributed by atoms with Crippen molar-refractivity contribution in [3.63, 3.8) is 0 Å². The number of halogens is 2. The predicted octanol–water partition coefficient (Wildman–Crippen LogP) is 3.40. The van der Waals surface area contributed by atoms with Gasteiger partial charge in [0.15, 0.2) is 0 Å². The summed E-state index contributed by atoms with van der Waals surface area (Å²) in [6.07, 6.45) is 1.62. The first-order valence-corrected chi connectivity index (χ1v) is 6.65. The Morgan fingerprint density at radius 1 is 1.47 bits per heavy atom. The zero-order chi connectivity index (χ0) is 13.8.